The van der Waals surface area contributed by atoms with Gasteiger partial charge in [0.1, 0.15) is 11.6 Å². The van der Waals surface area contributed by atoms with E-state index in [4.69, 9.17) is 5.73 Å². The van der Waals surface area contributed by atoms with E-state index >= 15 is 0 Å². The minimum absolute atomic E-state index is 0.0168. The predicted octanol–water partition coefficient (Wildman–Crippen LogP) is 2.15. The summed E-state index contributed by atoms with van der Waals surface area (Å²) in [6.45, 7) is 1.77. The average Bonchev–Trinajstić information content (AvgIpc) is 2.89. The molecule has 2 aliphatic rings. The van der Waals surface area contributed by atoms with Crippen LogP contribution in [0.4, 0.5) is 20.2 Å². The molecule has 1 aliphatic carbocycles. The molecule has 1 aliphatic heterocycles. The molecule has 0 radical (unpaired) electrons. The molecule has 1 saturated heterocycles. The van der Waals surface area contributed by atoms with Crippen LogP contribution in [0.5, 0.6) is 0 Å². The van der Waals surface area contributed by atoms with E-state index in [1.54, 1.807) is 0 Å². The van der Waals surface area contributed by atoms with E-state index in [-0.39, 0.29) is 5.69 Å². The van der Waals surface area contributed by atoms with Crippen LogP contribution < -0.4 is 10.6 Å². The van der Waals surface area contributed by atoms with Crippen molar-refractivity contribution in [2.24, 2.45) is 5.41 Å². The second-order valence-corrected chi connectivity index (χ2v) is 4.68. The van der Waals surface area contributed by atoms with Crippen LogP contribution in [-0.2, 0) is 0 Å². The summed E-state index contributed by atoms with van der Waals surface area (Å²) >= 11 is 0. The van der Waals surface area contributed by atoms with Crippen molar-refractivity contribution in [3.05, 3.63) is 23.8 Å². The SMILES string of the molecule is Nc1cc(N2CC3(CC3)C2)c(F)cc1F. The van der Waals surface area contributed by atoms with Crippen LogP contribution in [0.3, 0.4) is 0 Å². The van der Waals surface area contributed by atoms with Crippen LogP contribution in [0.25, 0.3) is 0 Å². The molecule has 1 aromatic carbocycles. The van der Waals surface area contributed by atoms with E-state index in [1.807, 2.05) is 4.90 Å². The number of hydrogen-bond acceptors (Lipinski definition) is 2. The van der Waals surface area contributed by atoms with Gasteiger partial charge in [-0.05, 0) is 18.9 Å². The van der Waals surface area contributed by atoms with Crippen LogP contribution in [0, 0.1) is 17.0 Å². The van der Waals surface area contributed by atoms with Crippen LogP contribution in [0.1, 0.15) is 12.8 Å². The Labute approximate surface area is 86.7 Å². The maximum atomic E-state index is 13.4. The fraction of sp³-hybridized carbons (Fsp3) is 0.455. The lowest BCUT2D eigenvalue weighted by atomic mass is 9.96. The minimum atomic E-state index is -0.682. The molecule has 15 heavy (non-hydrogen) atoms. The molecule has 0 amide bonds. The molecule has 4 heteroatoms. The summed E-state index contributed by atoms with van der Waals surface area (Å²) < 4.78 is 26.4. The lowest BCUT2D eigenvalue weighted by molar-refractivity contribution is 0.382. The van der Waals surface area contributed by atoms with Crippen LogP contribution in [0.15, 0.2) is 12.1 Å². The largest absolute Gasteiger partial charge is 0.396 e. The zero-order valence-corrected chi connectivity index (χ0v) is 8.26. The highest BCUT2D eigenvalue weighted by atomic mass is 19.1. The summed E-state index contributed by atoms with van der Waals surface area (Å²) in [5, 5.41) is 0. The summed E-state index contributed by atoms with van der Waals surface area (Å²) in [4.78, 5) is 1.93. The Bertz CT molecular complexity index is 419. The van der Waals surface area contributed by atoms with Gasteiger partial charge in [-0.3, -0.25) is 0 Å². The summed E-state index contributed by atoms with van der Waals surface area (Å²) in [5.41, 5.74) is 6.33. The number of anilines is 2. The van der Waals surface area contributed by atoms with Crippen molar-refractivity contribution < 1.29 is 8.78 Å². The summed E-state index contributed by atoms with van der Waals surface area (Å²) in [5.74, 6) is -1.20. The minimum Gasteiger partial charge on any atom is -0.396 e. The number of nitrogen functional groups attached to an aromatic ring is 1. The lowest BCUT2D eigenvalue weighted by Gasteiger charge is -2.42. The molecule has 1 heterocycles. The van der Waals surface area contributed by atoms with Crippen molar-refractivity contribution in [1.82, 2.24) is 0 Å². The zero-order chi connectivity index (χ0) is 10.6. The first-order chi connectivity index (χ1) is 7.10. The molecule has 0 bridgehead atoms. The van der Waals surface area contributed by atoms with Gasteiger partial charge in [0.15, 0.2) is 0 Å². The molecular formula is C11H12F2N2. The van der Waals surface area contributed by atoms with Gasteiger partial charge in [0, 0.05) is 24.6 Å². The molecule has 3 rings (SSSR count). The van der Waals surface area contributed by atoms with E-state index in [9.17, 15) is 8.78 Å². The van der Waals surface area contributed by atoms with Crippen LogP contribution in [0.2, 0.25) is 0 Å². The predicted molar refractivity (Wildman–Crippen MR) is 54.7 cm³/mol. The number of hydrogen-bond donors (Lipinski definition) is 1. The quantitative estimate of drug-likeness (QED) is 0.719. The number of halogens is 2. The third-order valence-electron chi connectivity index (χ3n) is 3.42. The molecule has 2 nitrogen and oxygen atoms in total. The van der Waals surface area contributed by atoms with Gasteiger partial charge < -0.3 is 10.6 Å². The third kappa shape index (κ3) is 1.28. The van der Waals surface area contributed by atoms with Gasteiger partial charge in [0.25, 0.3) is 0 Å². The van der Waals surface area contributed by atoms with Gasteiger partial charge in [0.05, 0.1) is 11.4 Å². The van der Waals surface area contributed by atoms with Crippen molar-refractivity contribution in [1.29, 1.82) is 0 Å². The monoisotopic (exact) mass is 210 g/mol. The van der Waals surface area contributed by atoms with Crippen molar-refractivity contribution in [3.8, 4) is 0 Å². The van der Waals surface area contributed by atoms with Crippen molar-refractivity contribution in [2.75, 3.05) is 23.7 Å². The molecule has 0 atom stereocenters. The Kier molecular flexibility index (Phi) is 1.56. The first kappa shape index (κ1) is 8.95. The van der Waals surface area contributed by atoms with Crippen molar-refractivity contribution in [3.63, 3.8) is 0 Å². The fourth-order valence-electron chi connectivity index (χ4n) is 2.22. The maximum Gasteiger partial charge on any atom is 0.149 e. The lowest BCUT2D eigenvalue weighted by Crippen LogP contribution is -2.48. The Morgan fingerprint density at radius 3 is 2.40 bits per heavy atom. The first-order valence-corrected chi connectivity index (χ1v) is 5.09. The number of rotatable bonds is 1. The van der Waals surface area contributed by atoms with Crippen LogP contribution >= 0.6 is 0 Å². The number of nitrogens with two attached hydrogens (primary N) is 1. The summed E-state index contributed by atoms with van der Waals surface area (Å²) in [6, 6.07) is 2.25. The highest BCUT2D eigenvalue weighted by Crippen LogP contribution is 2.54. The first-order valence-electron chi connectivity index (χ1n) is 5.09. The second-order valence-electron chi connectivity index (χ2n) is 4.68. The van der Waals surface area contributed by atoms with E-state index < -0.39 is 11.6 Å². The molecular weight excluding hydrogens is 198 g/mol. The van der Waals surface area contributed by atoms with Crippen molar-refractivity contribution >= 4 is 11.4 Å². The Morgan fingerprint density at radius 1 is 1.13 bits per heavy atom. The van der Waals surface area contributed by atoms with Gasteiger partial charge in [-0.25, -0.2) is 8.78 Å². The average molecular weight is 210 g/mol. The van der Waals surface area contributed by atoms with Gasteiger partial charge in [-0.15, -0.1) is 0 Å². The maximum absolute atomic E-state index is 13.4. The molecule has 1 aromatic rings. The third-order valence-corrected chi connectivity index (χ3v) is 3.42. The molecule has 2 fully saturated rings. The van der Waals surface area contributed by atoms with Gasteiger partial charge in [-0.1, -0.05) is 0 Å². The van der Waals surface area contributed by atoms with Gasteiger partial charge >= 0.3 is 0 Å². The van der Waals surface area contributed by atoms with E-state index in [2.05, 4.69) is 0 Å². The van der Waals surface area contributed by atoms with Crippen molar-refractivity contribution in [2.45, 2.75) is 12.8 Å². The molecule has 2 N–H and O–H groups in total. The highest BCUT2D eigenvalue weighted by molar-refractivity contribution is 5.60. The molecule has 0 unspecified atom stereocenters. The summed E-state index contributed by atoms with van der Waals surface area (Å²) in [6.07, 6.45) is 2.48. The highest BCUT2D eigenvalue weighted by Gasteiger charge is 2.52. The molecule has 0 aromatic heterocycles. The van der Waals surface area contributed by atoms with Crippen LogP contribution in [-0.4, -0.2) is 13.1 Å². The summed E-state index contributed by atoms with van der Waals surface area (Å²) in [7, 11) is 0. The van der Waals surface area contributed by atoms with E-state index in [1.165, 1.54) is 18.9 Å². The standard InChI is InChI=1S/C11H12F2N2/c12-7-3-8(13)10(4-9(7)14)15-5-11(6-15)1-2-11/h3-4H,1-2,5-6,14H2. The Hall–Kier alpha value is -1.32. The molecule has 1 spiro atoms. The van der Waals surface area contributed by atoms with Gasteiger partial charge in [-0.2, -0.15) is 0 Å². The Morgan fingerprint density at radius 2 is 1.80 bits per heavy atom. The van der Waals surface area contributed by atoms with E-state index in [0.717, 1.165) is 19.2 Å². The van der Waals surface area contributed by atoms with Gasteiger partial charge in [0.2, 0.25) is 0 Å². The zero-order valence-electron chi connectivity index (χ0n) is 8.26. The topological polar surface area (TPSA) is 29.3 Å². The second kappa shape index (κ2) is 2.62. The molecule has 1 saturated carbocycles. The fourth-order valence-corrected chi connectivity index (χ4v) is 2.22. The normalized spacial score (nSPS) is 21.6. The Balaban J connectivity index is 1.88. The van der Waals surface area contributed by atoms with E-state index in [0.29, 0.717) is 11.1 Å². The smallest absolute Gasteiger partial charge is 0.149 e. The molecule has 80 valence electrons. The number of benzene rings is 1. The number of nitrogens with zero attached hydrogens (tertiary/aromatic N) is 1.